The van der Waals surface area contributed by atoms with Crippen molar-refractivity contribution < 1.29 is 4.39 Å². The summed E-state index contributed by atoms with van der Waals surface area (Å²) in [6.45, 7) is 4.23. The second-order valence-electron chi connectivity index (χ2n) is 5.15. The first-order valence-electron chi connectivity index (χ1n) is 6.69. The minimum absolute atomic E-state index is 0.174. The number of halogens is 2. The maximum absolute atomic E-state index is 13.3. The number of aryl methyl sites for hydroxylation is 2. The zero-order valence-electron chi connectivity index (χ0n) is 12.0. The van der Waals surface area contributed by atoms with E-state index in [0.717, 1.165) is 12.0 Å². The van der Waals surface area contributed by atoms with Gasteiger partial charge in [0.2, 0.25) is 0 Å². The standard InChI is InChI=1S/C17H19BrFN/c1-11-4-5-12(2)14(8-11)10-17(20-3)13-6-7-16(19)15(18)9-13/h4-9,17,20H,10H2,1-3H3. The van der Waals surface area contributed by atoms with Crippen LogP contribution in [-0.4, -0.2) is 7.05 Å². The number of nitrogens with one attached hydrogen (secondary N) is 1. The minimum atomic E-state index is -0.227. The predicted octanol–water partition coefficient (Wildman–Crippen LogP) is 4.71. The highest BCUT2D eigenvalue weighted by molar-refractivity contribution is 9.10. The van der Waals surface area contributed by atoms with Crippen LogP contribution in [0.5, 0.6) is 0 Å². The van der Waals surface area contributed by atoms with E-state index < -0.39 is 0 Å². The SMILES string of the molecule is CNC(Cc1cc(C)ccc1C)c1ccc(F)c(Br)c1. The topological polar surface area (TPSA) is 12.0 Å². The van der Waals surface area contributed by atoms with Crippen LogP contribution in [0.25, 0.3) is 0 Å². The molecule has 1 unspecified atom stereocenters. The van der Waals surface area contributed by atoms with Crippen molar-refractivity contribution in [2.45, 2.75) is 26.3 Å². The minimum Gasteiger partial charge on any atom is -0.313 e. The molecule has 0 aliphatic heterocycles. The Morgan fingerprint density at radius 3 is 2.55 bits per heavy atom. The summed E-state index contributed by atoms with van der Waals surface area (Å²) < 4.78 is 13.9. The van der Waals surface area contributed by atoms with E-state index in [-0.39, 0.29) is 11.9 Å². The molecule has 0 saturated heterocycles. The average Bonchev–Trinajstić information content (AvgIpc) is 2.43. The normalized spacial score (nSPS) is 12.4. The summed E-state index contributed by atoms with van der Waals surface area (Å²) in [5.74, 6) is -0.227. The van der Waals surface area contributed by atoms with Crippen molar-refractivity contribution in [2.75, 3.05) is 7.05 Å². The monoisotopic (exact) mass is 335 g/mol. The molecule has 0 radical (unpaired) electrons. The van der Waals surface area contributed by atoms with Crippen LogP contribution < -0.4 is 5.32 Å². The Morgan fingerprint density at radius 2 is 1.90 bits per heavy atom. The molecule has 2 rings (SSSR count). The molecule has 0 saturated carbocycles. The molecule has 3 heteroatoms. The molecule has 1 atom stereocenters. The summed E-state index contributed by atoms with van der Waals surface area (Å²) in [5, 5.41) is 3.32. The molecule has 0 amide bonds. The fraction of sp³-hybridized carbons (Fsp3) is 0.294. The lowest BCUT2D eigenvalue weighted by atomic mass is 9.95. The Bertz CT molecular complexity index is 610. The molecule has 20 heavy (non-hydrogen) atoms. The first-order chi connectivity index (χ1) is 9.51. The molecule has 0 aliphatic rings. The second kappa shape index (κ2) is 6.51. The Labute approximate surface area is 128 Å². The van der Waals surface area contributed by atoms with Gasteiger partial charge in [-0.15, -0.1) is 0 Å². The molecule has 2 aromatic carbocycles. The van der Waals surface area contributed by atoms with Crippen molar-refractivity contribution >= 4 is 15.9 Å². The van der Waals surface area contributed by atoms with Crippen molar-refractivity contribution in [3.05, 3.63) is 68.9 Å². The third-order valence-electron chi connectivity index (χ3n) is 3.62. The molecule has 1 N–H and O–H groups in total. The predicted molar refractivity (Wildman–Crippen MR) is 85.5 cm³/mol. The Hall–Kier alpha value is -1.19. The Morgan fingerprint density at radius 1 is 1.15 bits per heavy atom. The van der Waals surface area contributed by atoms with Crippen molar-refractivity contribution in [3.8, 4) is 0 Å². The van der Waals surface area contributed by atoms with Gasteiger partial charge in [0.15, 0.2) is 0 Å². The van der Waals surface area contributed by atoms with Crippen molar-refractivity contribution in [1.29, 1.82) is 0 Å². The molecule has 0 aliphatic carbocycles. The fourth-order valence-electron chi connectivity index (χ4n) is 2.36. The zero-order valence-corrected chi connectivity index (χ0v) is 13.6. The lowest BCUT2D eigenvalue weighted by Crippen LogP contribution is -2.19. The van der Waals surface area contributed by atoms with E-state index in [1.54, 1.807) is 0 Å². The largest absolute Gasteiger partial charge is 0.313 e. The fourth-order valence-corrected chi connectivity index (χ4v) is 2.75. The first-order valence-corrected chi connectivity index (χ1v) is 7.49. The highest BCUT2D eigenvalue weighted by Gasteiger charge is 2.13. The van der Waals surface area contributed by atoms with Crippen molar-refractivity contribution in [2.24, 2.45) is 0 Å². The number of hydrogen-bond acceptors (Lipinski definition) is 1. The maximum Gasteiger partial charge on any atom is 0.137 e. The average molecular weight is 336 g/mol. The summed E-state index contributed by atoms with van der Waals surface area (Å²) in [6.07, 6.45) is 0.891. The van der Waals surface area contributed by atoms with Gasteiger partial charge >= 0.3 is 0 Å². The Balaban J connectivity index is 2.28. The number of hydrogen-bond donors (Lipinski definition) is 1. The summed E-state index contributed by atoms with van der Waals surface area (Å²) in [6, 6.07) is 11.9. The van der Waals surface area contributed by atoms with E-state index in [2.05, 4.69) is 53.3 Å². The van der Waals surface area contributed by atoms with E-state index >= 15 is 0 Å². The molecule has 0 fully saturated rings. The summed E-state index contributed by atoms with van der Waals surface area (Å²) in [5.41, 5.74) is 4.96. The van der Waals surface area contributed by atoms with Crippen LogP contribution in [0.2, 0.25) is 0 Å². The molecule has 1 nitrogen and oxygen atoms in total. The number of benzene rings is 2. The van der Waals surface area contributed by atoms with E-state index in [1.807, 2.05) is 19.2 Å². The highest BCUT2D eigenvalue weighted by Crippen LogP contribution is 2.25. The highest BCUT2D eigenvalue weighted by atomic mass is 79.9. The summed E-state index contributed by atoms with van der Waals surface area (Å²) in [4.78, 5) is 0. The molecule has 0 aromatic heterocycles. The molecule has 0 bridgehead atoms. The molecule has 106 valence electrons. The number of likely N-dealkylation sites (N-methyl/N-ethyl adjacent to an activating group) is 1. The van der Waals surface area contributed by atoms with Gasteiger partial charge in [-0.1, -0.05) is 29.8 Å². The van der Waals surface area contributed by atoms with Crippen LogP contribution in [0.15, 0.2) is 40.9 Å². The van der Waals surface area contributed by atoms with Crippen LogP contribution in [0.4, 0.5) is 4.39 Å². The van der Waals surface area contributed by atoms with Crippen molar-refractivity contribution in [3.63, 3.8) is 0 Å². The molecule has 2 aromatic rings. The Kier molecular flexibility index (Phi) is 4.95. The second-order valence-corrected chi connectivity index (χ2v) is 6.00. The van der Waals surface area contributed by atoms with Gasteiger partial charge in [0.1, 0.15) is 5.82 Å². The van der Waals surface area contributed by atoms with Crippen LogP contribution in [0, 0.1) is 19.7 Å². The van der Waals surface area contributed by atoms with Crippen molar-refractivity contribution in [1.82, 2.24) is 5.32 Å². The van der Waals surface area contributed by atoms with E-state index in [4.69, 9.17) is 0 Å². The number of rotatable bonds is 4. The maximum atomic E-state index is 13.3. The first kappa shape index (κ1) is 15.2. The summed E-state index contributed by atoms with van der Waals surface area (Å²) in [7, 11) is 1.94. The van der Waals surface area contributed by atoms with Gasteiger partial charge in [0.05, 0.1) is 4.47 Å². The third kappa shape index (κ3) is 3.47. The molecule has 0 spiro atoms. The van der Waals surface area contributed by atoms with Gasteiger partial charge in [-0.2, -0.15) is 0 Å². The van der Waals surface area contributed by atoms with Crippen LogP contribution >= 0.6 is 15.9 Å². The molecule has 0 heterocycles. The van der Waals surface area contributed by atoms with Crippen LogP contribution in [0.3, 0.4) is 0 Å². The molecular formula is C17H19BrFN. The van der Waals surface area contributed by atoms with Gasteiger partial charge in [-0.05, 0) is 72.1 Å². The van der Waals surface area contributed by atoms with Crippen LogP contribution in [0.1, 0.15) is 28.3 Å². The zero-order chi connectivity index (χ0) is 14.7. The lowest BCUT2D eigenvalue weighted by Gasteiger charge is -2.19. The smallest absolute Gasteiger partial charge is 0.137 e. The van der Waals surface area contributed by atoms with Crippen LogP contribution in [-0.2, 0) is 6.42 Å². The van der Waals surface area contributed by atoms with E-state index in [1.165, 1.54) is 22.8 Å². The molecular weight excluding hydrogens is 317 g/mol. The van der Waals surface area contributed by atoms with Gasteiger partial charge < -0.3 is 5.32 Å². The lowest BCUT2D eigenvalue weighted by molar-refractivity contribution is 0.582. The summed E-state index contributed by atoms with van der Waals surface area (Å²) >= 11 is 3.25. The van der Waals surface area contributed by atoms with Gasteiger partial charge in [0.25, 0.3) is 0 Å². The van der Waals surface area contributed by atoms with Gasteiger partial charge in [0, 0.05) is 6.04 Å². The van der Waals surface area contributed by atoms with Gasteiger partial charge in [-0.25, -0.2) is 4.39 Å². The van der Waals surface area contributed by atoms with Gasteiger partial charge in [-0.3, -0.25) is 0 Å². The quantitative estimate of drug-likeness (QED) is 0.853. The third-order valence-corrected chi connectivity index (χ3v) is 4.23. The van der Waals surface area contributed by atoms with E-state index in [9.17, 15) is 4.39 Å². The van der Waals surface area contributed by atoms with E-state index in [0.29, 0.717) is 4.47 Å².